The zero-order valence-electron chi connectivity index (χ0n) is 82.6. The molecule has 0 amide bonds. The first-order chi connectivity index (χ1) is 57.0. The van der Waals surface area contributed by atoms with Crippen LogP contribution in [-0.4, -0.2) is 172 Å². The van der Waals surface area contributed by atoms with Gasteiger partial charge in [-0.15, -0.1) is 31.8 Å². The molecule has 16 atom stereocenters. The molecule has 0 aliphatic heterocycles. The number of benzene rings is 3. The summed E-state index contributed by atoms with van der Waals surface area (Å²) < 4.78 is 45.1. The molecule has 0 saturated heterocycles. The number of phenolic OH excluding ortho intramolecular Hbond substituents is 1. The number of anilines is 3. The van der Waals surface area contributed by atoms with E-state index in [9.17, 15) is 54.2 Å². The van der Waals surface area contributed by atoms with Crippen LogP contribution < -0.4 is 99.2 Å². The Morgan fingerprint density at radius 3 is 1.03 bits per heavy atom. The normalized spacial score (nSPS) is 31.1. The van der Waals surface area contributed by atoms with Crippen molar-refractivity contribution < 1.29 is 153 Å². The number of nitrogens with two attached hydrogens (primary N) is 1. The standard InChI is InChI=1S/C23H37NO3.C22H35NO3.C15H28O2.C15H26O2.C8H11NO2.C4H6O4.C2H3BO2.C2H7P.C2H6S.CH2Cl2.CH3F.2Na/c1-21(2)9-7-10-22(3)19(21)8-11-23(4,25)20(22)15-24-16-12-17(26-5)14-18(13-16)27-6;1-20(2)8-6-9-21(3)18(20)7-10-22(4,25)19(21)14-23-15-11-16(24)13-17(12-15)26-5;2*1-13(2)7-5-8-14(3)11(13)6-9-15(4,17)12(14)10-16;1-10-7-3-6(9)4-8(5-7)11-2;1-3(5)7-8-4(2)6;1-2(4)5-3;1-3-2;1-2-3;2-1-3;1-2;;/h12-14,19-20,24-25H,7-11,15H2,1-6H3;11-13,18-19,23-25H,6-10,14H2,1-5H3;11-12,16-17H,5-10H2,1-4H3;10-12,17H,5-9H2,1-4H3;3-5H,9H2,1-2H3;1-2H3;1H3;3H,1-2H3;3H,2H2,1H3;1H2;1H3;;/q;;;;;;-1;;;;;2*+1/p-1/t19?,20?,22-,23+;18?,19?,21-,22+;11?,12-,14+,15-;11?,12?,14-,15+;;;;;;;;;/m0010........./s1/i;;;;;;;;;;1D;;. The largest absolute Gasteiger partial charge is 1.00 e. The van der Waals surface area contributed by atoms with Crippen LogP contribution >= 0.6 is 31.8 Å². The van der Waals surface area contributed by atoms with Gasteiger partial charge >= 0.3 is 71.1 Å². The minimum atomic E-state index is -1.00. The van der Waals surface area contributed by atoms with E-state index in [1.807, 2.05) is 58.9 Å². The SMILES string of the molecule is CC(=O)OOC(C)=O.CC1(C)CCC[C@@]2(C)C1CC[C@@](C)(O)C2C=O.CC1(C)CCC[C@@]2(C)C1CC[C@@](C)(O)[C@@H]2CO.CC[S-].COc1cc(N)cc(OC)c1.COc1cc(NCC2[C@@]3(C)CCCC(C)(C)C3CC[C@@]2(C)O)cc(OC)c1.COc1cc(O)cc(NCC2[C@@]3(C)CCCC(C)(C)C3CC[C@@]2(C)O)c1.CPC.ClCCl.[2H]CF.[B-]OC(C)=O.[Na+].[Na+]. The van der Waals surface area contributed by atoms with E-state index in [1.54, 1.807) is 65.9 Å². The molecule has 8 saturated carbocycles. The van der Waals surface area contributed by atoms with Crippen LogP contribution in [0.4, 0.5) is 21.5 Å². The Kier molecular flexibility index (Phi) is 54.3. The van der Waals surface area contributed by atoms with Crippen molar-refractivity contribution >= 4 is 93.7 Å². The molecule has 0 aromatic heterocycles. The Morgan fingerprint density at radius 1 is 0.508 bits per heavy atom. The third kappa shape index (κ3) is 35.6. The molecule has 8 aliphatic rings. The Bertz CT molecular complexity index is 3560. The number of nitrogens with one attached hydrogen (secondary N) is 2. The number of hydrogen-bond donors (Lipinski definition) is 9. The summed E-state index contributed by atoms with van der Waals surface area (Å²) in [4.78, 5) is 48.3. The van der Waals surface area contributed by atoms with Crippen molar-refractivity contribution in [2.45, 2.75) is 289 Å². The monoisotopic (exact) mass is 1840 g/mol. The van der Waals surface area contributed by atoms with Crippen LogP contribution in [0.25, 0.3) is 0 Å². The van der Waals surface area contributed by atoms with Crippen molar-refractivity contribution in [3.8, 4) is 34.5 Å². The van der Waals surface area contributed by atoms with Gasteiger partial charge in [0.25, 0.3) is 0 Å². The number of aliphatic hydroxyl groups excluding tert-OH is 1. The summed E-state index contributed by atoms with van der Waals surface area (Å²) in [5.41, 5.74) is 6.91. The topological polar surface area (TPSA) is 314 Å². The summed E-state index contributed by atoms with van der Waals surface area (Å²) in [5, 5.41) is 70.4. The smallest absolute Gasteiger partial charge is 0.793 e. The number of aromatic hydroxyl groups is 1. The number of fused-ring (bicyclic) bond motifs is 4. The number of carbonyl (C=O) groups is 4. The molecule has 0 bridgehead atoms. The number of halogens is 3. The predicted molar refractivity (Wildman–Crippen MR) is 501 cm³/mol. The summed E-state index contributed by atoms with van der Waals surface area (Å²) in [6.07, 6.45) is 23.4. The quantitative estimate of drug-likeness (QED) is 0.0112. The van der Waals surface area contributed by atoms with E-state index in [0.29, 0.717) is 74.8 Å². The van der Waals surface area contributed by atoms with Crippen LogP contribution in [-0.2, 0) is 46.2 Å². The fraction of sp³-hybridized carbons (Fsp3) is 0.768. The molecule has 703 valence electrons. The molecule has 3 radical (unpaired) electrons. The third-order valence-electron chi connectivity index (χ3n) is 28.5. The van der Waals surface area contributed by atoms with E-state index in [-0.39, 0.29) is 122 Å². The summed E-state index contributed by atoms with van der Waals surface area (Å²) in [6.45, 7) is 47.5. The average molecular weight is 1850 g/mol. The Morgan fingerprint density at radius 2 is 0.758 bits per heavy atom. The number of phenols is 1. The Hall–Kier alpha value is -2.91. The summed E-state index contributed by atoms with van der Waals surface area (Å²) in [5.74, 6) is 5.58. The molecule has 11 rings (SSSR count). The van der Waals surface area contributed by atoms with Gasteiger partial charge in [-0.05, 0) is 211 Å². The van der Waals surface area contributed by atoms with E-state index < -0.39 is 47.5 Å². The molecule has 8 fully saturated rings. The van der Waals surface area contributed by atoms with Crippen LogP contribution in [0.2, 0.25) is 0 Å². The zero-order valence-corrected chi connectivity index (χ0v) is 88.9. The van der Waals surface area contributed by atoms with Crippen molar-refractivity contribution in [2.24, 2.45) is 90.7 Å². The van der Waals surface area contributed by atoms with Gasteiger partial charge in [-0.2, -0.15) is 5.75 Å². The van der Waals surface area contributed by atoms with Gasteiger partial charge in [-0.25, -0.2) is 19.4 Å². The number of ether oxygens (including phenoxy) is 5. The molecule has 7 unspecified atom stereocenters. The van der Waals surface area contributed by atoms with Gasteiger partial charge < -0.3 is 101 Å². The molecular weight excluding hydrogens is 1680 g/mol. The van der Waals surface area contributed by atoms with Gasteiger partial charge in [-0.3, -0.25) is 9.18 Å². The summed E-state index contributed by atoms with van der Waals surface area (Å²) in [6, 6.07) is 16.3. The van der Waals surface area contributed by atoms with E-state index in [1.165, 1.54) is 71.1 Å². The van der Waals surface area contributed by atoms with Crippen LogP contribution in [0.5, 0.6) is 34.5 Å². The first-order valence-corrected chi connectivity index (χ1v) is 47.0. The zero-order chi connectivity index (χ0) is 94.8. The number of nitrogen functional groups attached to an aromatic ring is 1. The van der Waals surface area contributed by atoms with Gasteiger partial charge in [0.2, 0.25) is 5.97 Å². The second-order valence-corrected chi connectivity index (χ2v) is 41.6. The second-order valence-electron chi connectivity index (χ2n) is 39.2. The van der Waals surface area contributed by atoms with Crippen LogP contribution in [0, 0.1) is 90.7 Å². The van der Waals surface area contributed by atoms with Crippen LogP contribution in [0.15, 0.2) is 54.6 Å². The molecular formula is C95H163BCl2FN3Na2O18PS. The number of alkyl halides is 3. The average Bonchev–Trinajstić information content (AvgIpc) is 0.747. The molecule has 10 N–H and O–H groups in total. The Balaban J connectivity index is 0. The van der Waals surface area contributed by atoms with Gasteiger partial charge in [-0.1, -0.05) is 116 Å². The predicted octanol–water partition coefficient (Wildman–Crippen LogP) is 14.5. The molecule has 8 aliphatic carbocycles. The van der Waals surface area contributed by atoms with Gasteiger partial charge in [0.1, 0.15) is 40.8 Å². The number of aliphatic hydroxyl groups is 5. The minimum Gasteiger partial charge on any atom is -0.793 e. The van der Waals surface area contributed by atoms with Crippen LogP contribution in [0.1, 0.15) is 268 Å². The second kappa shape index (κ2) is 55.6. The first kappa shape index (κ1) is 121. The summed E-state index contributed by atoms with van der Waals surface area (Å²) >= 11 is 13.9. The summed E-state index contributed by atoms with van der Waals surface area (Å²) in [7, 11) is 12.5. The molecule has 124 heavy (non-hydrogen) atoms. The van der Waals surface area contributed by atoms with Crippen LogP contribution in [0.3, 0.4) is 0 Å². The number of rotatable bonds is 13. The third-order valence-corrected chi connectivity index (χ3v) is 28.5. The maximum Gasteiger partial charge on any atom is 1.00 e. The first-order valence-electron chi connectivity index (χ1n) is 44.1. The fourth-order valence-corrected chi connectivity index (χ4v) is 23.1. The van der Waals surface area contributed by atoms with E-state index in [0.717, 1.165) is 128 Å². The number of carbonyl (C=O) groups excluding carboxylic acids is 4. The van der Waals surface area contributed by atoms with Crippen molar-refractivity contribution in [1.29, 1.82) is 0 Å². The molecule has 0 heterocycles. The van der Waals surface area contributed by atoms with Crippen molar-refractivity contribution in [3.63, 3.8) is 0 Å². The molecule has 3 aromatic carbocycles. The number of methoxy groups -OCH3 is 5. The van der Waals surface area contributed by atoms with Gasteiger partial charge in [0.15, 0.2) is 0 Å². The molecule has 21 nitrogen and oxygen atoms in total. The van der Waals surface area contributed by atoms with Crippen molar-refractivity contribution in [1.82, 2.24) is 0 Å². The van der Waals surface area contributed by atoms with Gasteiger partial charge in [0, 0.05) is 136 Å². The molecule has 29 heteroatoms. The number of aldehydes is 1. The van der Waals surface area contributed by atoms with E-state index >= 15 is 0 Å². The van der Waals surface area contributed by atoms with Crippen molar-refractivity contribution in [2.75, 3.05) is 103 Å². The van der Waals surface area contributed by atoms with Crippen molar-refractivity contribution in [3.05, 3.63) is 54.6 Å². The minimum absolute atomic E-state index is 0. The fourth-order valence-electron chi connectivity index (χ4n) is 23.1. The molecule has 3 aromatic rings. The maximum atomic E-state index is 11.5. The number of hydrogen-bond acceptors (Lipinski definition) is 22. The van der Waals surface area contributed by atoms with Gasteiger partial charge in [0.05, 0.1) is 71.8 Å². The van der Waals surface area contributed by atoms with E-state index in [4.69, 9.17) is 54.0 Å². The van der Waals surface area contributed by atoms with E-state index in [2.05, 4.69) is 142 Å². The maximum absolute atomic E-state index is 11.5. The Labute approximate surface area is 812 Å². The molecule has 0 spiro atoms.